The largest absolute Gasteiger partial charge is 0.381 e. The fourth-order valence-corrected chi connectivity index (χ4v) is 2.41. The van der Waals surface area contributed by atoms with Crippen LogP contribution in [0.25, 0.3) is 11.2 Å². The van der Waals surface area contributed by atoms with E-state index in [9.17, 15) is 4.79 Å². The molecule has 0 atom stereocenters. The van der Waals surface area contributed by atoms with Crippen LogP contribution in [0.5, 0.6) is 0 Å². The van der Waals surface area contributed by atoms with Crippen LogP contribution >= 0.6 is 11.6 Å². The fraction of sp³-hybridized carbons (Fsp3) is 0.545. The number of nitrogens with one attached hydrogen (secondary N) is 1. The van der Waals surface area contributed by atoms with Gasteiger partial charge in [-0.2, -0.15) is 4.98 Å². The van der Waals surface area contributed by atoms with Crippen LogP contribution in [0, 0.1) is 5.92 Å². The third-order valence-corrected chi connectivity index (χ3v) is 3.45. The summed E-state index contributed by atoms with van der Waals surface area (Å²) in [6.45, 7) is 2.17. The maximum atomic E-state index is 11.9. The molecule has 0 unspecified atom stereocenters. The quantitative estimate of drug-likeness (QED) is 0.831. The van der Waals surface area contributed by atoms with E-state index in [0.717, 1.165) is 26.1 Å². The van der Waals surface area contributed by atoms with Crippen LogP contribution < -0.4 is 5.69 Å². The Kier molecular flexibility index (Phi) is 3.05. The summed E-state index contributed by atoms with van der Waals surface area (Å²) in [6, 6.07) is 0. The first-order valence-corrected chi connectivity index (χ1v) is 6.30. The third kappa shape index (κ3) is 2.13. The molecule has 96 valence electrons. The minimum absolute atomic E-state index is 0.155. The van der Waals surface area contributed by atoms with Crippen molar-refractivity contribution < 1.29 is 4.74 Å². The molecule has 2 aromatic heterocycles. The van der Waals surface area contributed by atoms with Gasteiger partial charge in [0, 0.05) is 19.8 Å². The Hall–Kier alpha value is -1.40. The van der Waals surface area contributed by atoms with Crippen LogP contribution in [0.2, 0.25) is 5.28 Å². The second-order valence-electron chi connectivity index (χ2n) is 4.47. The molecule has 18 heavy (non-hydrogen) atoms. The Bertz CT molecular complexity index is 615. The molecule has 0 bridgehead atoms. The van der Waals surface area contributed by atoms with Crippen molar-refractivity contribution in [2.75, 3.05) is 13.2 Å². The van der Waals surface area contributed by atoms with E-state index in [2.05, 4.69) is 15.0 Å². The van der Waals surface area contributed by atoms with E-state index in [-0.39, 0.29) is 11.0 Å². The van der Waals surface area contributed by atoms with Crippen LogP contribution in [0.4, 0.5) is 0 Å². The molecular weight excluding hydrogens is 256 g/mol. The first kappa shape index (κ1) is 11.7. The second kappa shape index (κ2) is 4.70. The number of hydrogen-bond donors (Lipinski definition) is 1. The van der Waals surface area contributed by atoms with E-state index in [4.69, 9.17) is 16.3 Å². The van der Waals surface area contributed by atoms with Gasteiger partial charge in [-0.25, -0.2) is 9.78 Å². The topological polar surface area (TPSA) is 72.8 Å². The number of H-pyrrole nitrogens is 1. The smallest absolute Gasteiger partial charge is 0.327 e. The number of hydrogen-bond acceptors (Lipinski definition) is 4. The molecular formula is C11H13ClN4O2. The zero-order valence-corrected chi connectivity index (χ0v) is 10.5. The second-order valence-corrected chi connectivity index (χ2v) is 4.81. The number of ether oxygens (including phenoxy) is 1. The standard InChI is InChI=1S/C11H13ClN4O2/c12-10-13-5-8-9(15-10)16(11(17)14-8)6-7-1-3-18-4-2-7/h5,7H,1-4,6H2,(H,14,17). The molecule has 0 amide bonds. The van der Waals surface area contributed by atoms with Crippen molar-refractivity contribution in [1.82, 2.24) is 19.5 Å². The number of nitrogens with zero attached hydrogens (tertiary/aromatic N) is 3. The third-order valence-electron chi connectivity index (χ3n) is 3.26. The Morgan fingerprint density at radius 3 is 3.06 bits per heavy atom. The average Bonchev–Trinajstić information content (AvgIpc) is 2.67. The van der Waals surface area contributed by atoms with E-state index in [1.54, 1.807) is 4.57 Å². The van der Waals surface area contributed by atoms with Crippen molar-refractivity contribution in [2.45, 2.75) is 19.4 Å². The molecule has 0 aromatic carbocycles. The van der Waals surface area contributed by atoms with Crippen LogP contribution in [0.3, 0.4) is 0 Å². The molecule has 6 nitrogen and oxygen atoms in total. The first-order chi connectivity index (χ1) is 8.74. The van der Waals surface area contributed by atoms with Crippen molar-refractivity contribution in [1.29, 1.82) is 0 Å². The summed E-state index contributed by atoms with van der Waals surface area (Å²) in [4.78, 5) is 22.6. The van der Waals surface area contributed by atoms with Crippen molar-refractivity contribution in [2.24, 2.45) is 5.92 Å². The normalized spacial score (nSPS) is 17.4. The van der Waals surface area contributed by atoms with Crippen molar-refractivity contribution in [3.05, 3.63) is 22.0 Å². The van der Waals surface area contributed by atoms with Gasteiger partial charge in [-0.1, -0.05) is 0 Å². The molecule has 7 heteroatoms. The number of aromatic nitrogens is 4. The van der Waals surface area contributed by atoms with Crippen LogP contribution in [0.1, 0.15) is 12.8 Å². The van der Waals surface area contributed by atoms with Gasteiger partial charge in [0.1, 0.15) is 5.52 Å². The van der Waals surface area contributed by atoms with E-state index in [0.29, 0.717) is 23.6 Å². The Balaban J connectivity index is 1.97. The van der Waals surface area contributed by atoms with Gasteiger partial charge in [-0.15, -0.1) is 0 Å². The molecule has 0 radical (unpaired) electrons. The molecule has 1 aliphatic rings. The highest BCUT2D eigenvalue weighted by molar-refractivity contribution is 6.28. The highest BCUT2D eigenvalue weighted by Gasteiger charge is 2.18. The lowest BCUT2D eigenvalue weighted by atomic mass is 10.0. The summed E-state index contributed by atoms with van der Waals surface area (Å²) in [6.07, 6.45) is 3.47. The highest BCUT2D eigenvalue weighted by atomic mass is 35.5. The summed E-state index contributed by atoms with van der Waals surface area (Å²) in [5.41, 5.74) is 1.04. The minimum Gasteiger partial charge on any atom is -0.381 e. The van der Waals surface area contributed by atoms with Crippen molar-refractivity contribution in [3.63, 3.8) is 0 Å². The molecule has 1 N–H and O–H groups in total. The van der Waals surface area contributed by atoms with E-state index < -0.39 is 0 Å². The number of halogens is 1. The predicted molar refractivity (Wildman–Crippen MR) is 66.7 cm³/mol. The van der Waals surface area contributed by atoms with Gasteiger partial charge in [0.25, 0.3) is 0 Å². The Morgan fingerprint density at radius 2 is 2.28 bits per heavy atom. The lowest BCUT2D eigenvalue weighted by Crippen LogP contribution is -2.26. The van der Waals surface area contributed by atoms with Crippen LogP contribution in [-0.4, -0.2) is 32.7 Å². The van der Waals surface area contributed by atoms with Gasteiger partial charge in [-0.3, -0.25) is 4.57 Å². The zero-order valence-electron chi connectivity index (χ0n) is 9.73. The van der Waals surface area contributed by atoms with Gasteiger partial charge >= 0.3 is 5.69 Å². The number of aromatic amines is 1. The zero-order chi connectivity index (χ0) is 12.5. The van der Waals surface area contributed by atoms with Crippen LogP contribution in [0.15, 0.2) is 11.0 Å². The highest BCUT2D eigenvalue weighted by Crippen LogP contribution is 2.18. The van der Waals surface area contributed by atoms with E-state index in [1.807, 2.05) is 0 Å². The van der Waals surface area contributed by atoms with Crippen molar-refractivity contribution in [3.8, 4) is 0 Å². The first-order valence-electron chi connectivity index (χ1n) is 5.93. The molecule has 0 spiro atoms. The maximum Gasteiger partial charge on any atom is 0.327 e. The maximum absolute atomic E-state index is 11.9. The van der Waals surface area contributed by atoms with Gasteiger partial charge in [0.15, 0.2) is 5.65 Å². The van der Waals surface area contributed by atoms with Gasteiger partial charge < -0.3 is 9.72 Å². The van der Waals surface area contributed by atoms with Gasteiger partial charge in [0.05, 0.1) is 6.20 Å². The van der Waals surface area contributed by atoms with E-state index in [1.165, 1.54) is 6.20 Å². The summed E-state index contributed by atoms with van der Waals surface area (Å²) < 4.78 is 6.95. The summed E-state index contributed by atoms with van der Waals surface area (Å²) in [7, 11) is 0. The van der Waals surface area contributed by atoms with E-state index >= 15 is 0 Å². The number of fused-ring (bicyclic) bond motifs is 1. The Morgan fingerprint density at radius 1 is 1.50 bits per heavy atom. The molecule has 1 fully saturated rings. The SMILES string of the molecule is O=c1[nH]c2cnc(Cl)nc2n1CC1CCOCC1. The molecule has 3 heterocycles. The van der Waals surface area contributed by atoms with Crippen LogP contribution in [-0.2, 0) is 11.3 Å². The minimum atomic E-state index is -0.159. The molecule has 3 rings (SSSR count). The van der Waals surface area contributed by atoms with Crippen molar-refractivity contribution >= 4 is 22.8 Å². The Labute approximate surface area is 108 Å². The monoisotopic (exact) mass is 268 g/mol. The average molecular weight is 269 g/mol. The summed E-state index contributed by atoms with van der Waals surface area (Å²) in [5.74, 6) is 0.448. The fourth-order valence-electron chi connectivity index (χ4n) is 2.28. The molecule has 2 aromatic rings. The van der Waals surface area contributed by atoms with Gasteiger partial charge in [0.2, 0.25) is 5.28 Å². The molecule has 0 aliphatic carbocycles. The molecule has 0 saturated carbocycles. The number of rotatable bonds is 2. The molecule has 1 aliphatic heterocycles. The molecule has 1 saturated heterocycles. The lowest BCUT2D eigenvalue weighted by molar-refractivity contribution is 0.0613. The summed E-state index contributed by atoms with van der Waals surface area (Å²) in [5, 5.41) is 0.155. The predicted octanol–water partition coefficient (Wildman–Crippen LogP) is 1.20. The summed E-state index contributed by atoms with van der Waals surface area (Å²) >= 11 is 5.77. The number of imidazole rings is 1. The van der Waals surface area contributed by atoms with Gasteiger partial charge in [-0.05, 0) is 30.4 Å². The lowest BCUT2D eigenvalue weighted by Gasteiger charge is -2.21.